The van der Waals surface area contributed by atoms with Crippen LogP contribution >= 0.6 is 0 Å². The second-order valence-electron chi connectivity index (χ2n) is 4.50. The van der Waals surface area contributed by atoms with Crippen molar-refractivity contribution in [2.45, 2.75) is 0 Å². The molecule has 0 unspecified atom stereocenters. The first-order chi connectivity index (χ1) is 9.66. The lowest BCUT2D eigenvalue weighted by molar-refractivity contribution is 0.398. The molecule has 5 heteroatoms. The first-order valence-corrected chi connectivity index (χ1v) is 5.96. The van der Waals surface area contributed by atoms with Crippen molar-refractivity contribution in [3.8, 4) is 11.5 Å². The minimum absolute atomic E-state index is 0.0819. The Kier molecular flexibility index (Phi) is 1.93. The molecule has 0 fully saturated rings. The van der Waals surface area contributed by atoms with Crippen molar-refractivity contribution < 1.29 is 19.0 Å². The second-order valence-corrected chi connectivity index (χ2v) is 4.50. The minimum atomic E-state index is -0.613. The molecule has 0 bridgehead atoms. The van der Waals surface area contributed by atoms with E-state index in [0.717, 1.165) is 0 Å². The smallest absolute Gasteiger partial charge is 0.348 e. The number of fused-ring (bicyclic) bond motifs is 5. The van der Waals surface area contributed by atoms with Crippen molar-refractivity contribution in [3.05, 3.63) is 46.8 Å². The van der Waals surface area contributed by atoms with Gasteiger partial charge >= 0.3 is 5.63 Å². The van der Waals surface area contributed by atoms with Crippen LogP contribution in [0.25, 0.3) is 32.9 Å². The first-order valence-electron chi connectivity index (χ1n) is 5.96. The maximum atomic E-state index is 12.1. The highest BCUT2D eigenvalue weighted by Crippen LogP contribution is 2.38. The van der Waals surface area contributed by atoms with E-state index in [1.807, 2.05) is 0 Å². The molecule has 0 spiro atoms. The lowest BCUT2D eigenvalue weighted by Gasteiger charge is -2.01. The Morgan fingerprint density at radius 1 is 0.850 bits per heavy atom. The van der Waals surface area contributed by atoms with E-state index in [-0.39, 0.29) is 11.3 Å². The second kappa shape index (κ2) is 3.54. The van der Waals surface area contributed by atoms with Crippen LogP contribution in [0.15, 0.2) is 50.0 Å². The molecule has 4 rings (SSSR count). The van der Waals surface area contributed by atoms with Crippen molar-refractivity contribution in [1.82, 2.24) is 0 Å². The van der Waals surface area contributed by atoms with E-state index in [4.69, 9.17) is 8.83 Å². The molecule has 98 valence electrons. The molecule has 0 saturated carbocycles. The number of hydrogen-bond donors (Lipinski definition) is 2. The van der Waals surface area contributed by atoms with E-state index in [2.05, 4.69) is 0 Å². The fourth-order valence-corrected chi connectivity index (χ4v) is 2.42. The highest BCUT2D eigenvalue weighted by molar-refractivity contribution is 6.13. The summed E-state index contributed by atoms with van der Waals surface area (Å²) >= 11 is 0. The Morgan fingerprint density at radius 3 is 2.50 bits per heavy atom. The number of aromatic hydroxyl groups is 2. The maximum Gasteiger partial charge on any atom is 0.348 e. The molecule has 0 atom stereocenters. The number of benzene rings is 2. The largest absolute Gasteiger partial charge is 0.504 e. The molecule has 2 aromatic carbocycles. The zero-order chi connectivity index (χ0) is 13.9. The summed E-state index contributed by atoms with van der Waals surface area (Å²) in [5, 5.41) is 20.7. The van der Waals surface area contributed by atoms with E-state index in [9.17, 15) is 15.0 Å². The predicted octanol–water partition coefficient (Wildman–Crippen LogP) is 3.10. The molecule has 0 aliphatic carbocycles. The molecule has 5 nitrogen and oxygen atoms in total. The average Bonchev–Trinajstić information content (AvgIpc) is 2.83. The van der Waals surface area contributed by atoms with Crippen molar-refractivity contribution in [2.75, 3.05) is 0 Å². The van der Waals surface area contributed by atoms with Gasteiger partial charge in [0.2, 0.25) is 5.75 Å². The third-order valence-electron chi connectivity index (χ3n) is 3.35. The van der Waals surface area contributed by atoms with Gasteiger partial charge in [-0.2, -0.15) is 0 Å². The predicted molar refractivity (Wildman–Crippen MR) is 73.1 cm³/mol. The third kappa shape index (κ3) is 1.23. The summed E-state index contributed by atoms with van der Waals surface area (Å²) < 4.78 is 10.8. The van der Waals surface area contributed by atoms with Crippen molar-refractivity contribution >= 4 is 32.9 Å². The van der Waals surface area contributed by atoms with Crippen LogP contribution in [0, 0.1) is 0 Å². The molecular weight excluding hydrogens is 260 g/mol. The molecule has 0 aliphatic rings. The summed E-state index contributed by atoms with van der Waals surface area (Å²) in [6.07, 6.45) is 0. The van der Waals surface area contributed by atoms with Gasteiger partial charge in [0.25, 0.3) is 0 Å². The quantitative estimate of drug-likeness (QED) is 0.378. The normalized spacial score (nSPS) is 11.6. The standard InChI is InChI=1S/C15H8O5/c16-9-6-5-8-13-11(15(18)20-14(8)12(9)17)7-3-1-2-4-10(7)19-13/h1-6,16-17H. The molecule has 2 heterocycles. The van der Waals surface area contributed by atoms with Crippen LogP contribution in [0.3, 0.4) is 0 Å². The van der Waals surface area contributed by atoms with Crippen molar-refractivity contribution in [3.63, 3.8) is 0 Å². The fraction of sp³-hybridized carbons (Fsp3) is 0. The molecule has 0 radical (unpaired) electrons. The molecule has 20 heavy (non-hydrogen) atoms. The molecule has 0 saturated heterocycles. The fourth-order valence-electron chi connectivity index (χ4n) is 2.42. The van der Waals surface area contributed by atoms with Gasteiger partial charge in [0.1, 0.15) is 11.0 Å². The molecule has 2 N–H and O–H groups in total. The lowest BCUT2D eigenvalue weighted by Crippen LogP contribution is -1.98. The number of phenols is 2. The topological polar surface area (TPSA) is 83.8 Å². The lowest BCUT2D eigenvalue weighted by atomic mass is 10.1. The van der Waals surface area contributed by atoms with Gasteiger partial charge in [0, 0.05) is 5.39 Å². The Balaban J connectivity index is 2.37. The highest BCUT2D eigenvalue weighted by atomic mass is 16.4. The van der Waals surface area contributed by atoms with Crippen LogP contribution in [0.2, 0.25) is 0 Å². The zero-order valence-corrected chi connectivity index (χ0v) is 10.1. The van der Waals surface area contributed by atoms with Gasteiger partial charge in [0.15, 0.2) is 16.9 Å². The minimum Gasteiger partial charge on any atom is -0.504 e. The van der Waals surface area contributed by atoms with Crippen LogP contribution in [-0.2, 0) is 0 Å². The number of phenolic OH excluding ortho intramolecular Hbond substituents is 2. The van der Waals surface area contributed by atoms with Gasteiger partial charge in [-0.1, -0.05) is 18.2 Å². The molecule has 0 amide bonds. The van der Waals surface area contributed by atoms with E-state index in [1.54, 1.807) is 24.3 Å². The van der Waals surface area contributed by atoms with Gasteiger partial charge in [-0.15, -0.1) is 0 Å². The van der Waals surface area contributed by atoms with Gasteiger partial charge < -0.3 is 19.0 Å². The van der Waals surface area contributed by atoms with E-state index in [1.165, 1.54) is 12.1 Å². The summed E-state index contributed by atoms with van der Waals surface area (Å²) in [6.45, 7) is 0. The van der Waals surface area contributed by atoms with Crippen LogP contribution in [0.1, 0.15) is 0 Å². The Morgan fingerprint density at radius 2 is 1.65 bits per heavy atom. The summed E-state index contributed by atoms with van der Waals surface area (Å²) in [4.78, 5) is 12.1. The van der Waals surface area contributed by atoms with Gasteiger partial charge in [-0.25, -0.2) is 4.79 Å². The molecule has 0 aliphatic heterocycles. The van der Waals surface area contributed by atoms with E-state index in [0.29, 0.717) is 27.3 Å². The Labute approximate surface area is 111 Å². The third-order valence-corrected chi connectivity index (χ3v) is 3.35. The van der Waals surface area contributed by atoms with Crippen LogP contribution in [-0.4, -0.2) is 10.2 Å². The van der Waals surface area contributed by atoms with Crippen LogP contribution in [0.4, 0.5) is 0 Å². The molecule has 4 aromatic rings. The van der Waals surface area contributed by atoms with Gasteiger partial charge in [-0.05, 0) is 18.2 Å². The summed E-state index contributed by atoms with van der Waals surface area (Å²) in [5.41, 5.74) is 0.211. The Hall–Kier alpha value is -2.95. The maximum absolute atomic E-state index is 12.1. The number of rotatable bonds is 0. The van der Waals surface area contributed by atoms with Crippen LogP contribution < -0.4 is 5.63 Å². The van der Waals surface area contributed by atoms with E-state index < -0.39 is 11.4 Å². The first kappa shape index (κ1) is 10.9. The van der Waals surface area contributed by atoms with Crippen molar-refractivity contribution in [2.24, 2.45) is 0 Å². The number of furan rings is 1. The SMILES string of the molecule is O=c1oc2c(O)c(O)ccc2c2oc3ccccc3c12. The monoisotopic (exact) mass is 268 g/mol. The molecule has 2 aromatic heterocycles. The highest BCUT2D eigenvalue weighted by Gasteiger charge is 2.18. The van der Waals surface area contributed by atoms with Crippen molar-refractivity contribution in [1.29, 1.82) is 0 Å². The number of para-hydroxylation sites is 1. The molecular formula is C15H8O5. The van der Waals surface area contributed by atoms with Crippen LogP contribution in [0.5, 0.6) is 11.5 Å². The average molecular weight is 268 g/mol. The summed E-state index contributed by atoms with van der Waals surface area (Å²) in [6, 6.07) is 9.99. The zero-order valence-electron chi connectivity index (χ0n) is 10.1. The van der Waals surface area contributed by atoms with Gasteiger partial charge in [0.05, 0.1) is 5.39 Å². The van der Waals surface area contributed by atoms with E-state index >= 15 is 0 Å². The number of hydrogen-bond acceptors (Lipinski definition) is 5. The van der Waals surface area contributed by atoms with Gasteiger partial charge in [-0.3, -0.25) is 0 Å². The Bertz CT molecular complexity index is 1040. The summed E-state index contributed by atoms with van der Waals surface area (Å²) in [5.74, 6) is -0.821. The summed E-state index contributed by atoms with van der Waals surface area (Å²) in [7, 11) is 0.